The average Bonchev–Trinajstić information content (AvgIpc) is 3.07. The summed E-state index contributed by atoms with van der Waals surface area (Å²) in [5.74, 6) is 7.92. The van der Waals surface area contributed by atoms with Crippen LogP contribution < -0.4 is 10.7 Å². The van der Waals surface area contributed by atoms with Crippen molar-refractivity contribution in [2.45, 2.75) is 10.1 Å². The van der Waals surface area contributed by atoms with Crippen LogP contribution in [0.3, 0.4) is 0 Å². The molecule has 0 fully saturated rings. The Hall–Kier alpha value is -2.45. The lowest BCUT2D eigenvalue weighted by Gasteiger charge is -2.28. The predicted octanol–water partition coefficient (Wildman–Crippen LogP) is 2.89. The number of rotatable bonds is 4. The van der Waals surface area contributed by atoms with E-state index in [9.17, 15) is 4.79 Å². The summed E-state index contributed by atoms with van der Waals surface area (Å²) in [7, 11) is 0. The van der Waals surface area contributed by atoms with Gasteiger partial charge in [0, 0.05) is 22.8 Å². The van der Waals surface area contributed by atoms with E-state index in [0.717, 1.165) is 21.9 Å². The number of nitrogens with two attached hydrogens (primary N) is 1. The third-order valence-electron chi connectivity index (χ3n) is 4.05. The van der Waals surface area contributed by atoms with Crippen LogP contribution in [0.5, 0.6) is 0 Å². The van der Waals surface area contributed by atoms with E-state index in [0.29, 0.717) is 17.5 Å². The number of nitrogens with zero attached hydrogens (tertiary/aromatic N) is 4. The highest BCUT2D eigenvalue weighted by Gasteiger charge is 2.23. The third kappa shape index (κ3) is 3.30. The number of hydrogen-bond donors (Lipinski definition) is 1. The Labute approximate surface area is 159 Å². The fourth-order valence-electron chi connectivity index (χ4n) is 2.79. The van der Waals surface area contributed by atoms with E-state index in [1.165, 1.54) is 16.4 Å². The monoisotopic (exact) mass is 383 g/mol. The quantitative estimate of drug-likeness (QED) is 0.551. The van der Waals surface area contributed by atoms with Gasteiger partial charge in [0.05, 0.1) is 11.4 Å². The van der Waals surface area contributed by atoms with Gasteiger partial charge in [0.1, 0.15) is 0 Å². The second-order valence-electron chi connectivity index (χ2n) is 5.69. The molecule has 0 radical (unpaired) electrons. The summed E-state index contributed by atoms with van der Waals surface area (Å²) in [6.07, 6.45) is 0. The van der Waals surface area contributed by atoms with Crippen molar-refractivity contribution in [2.24, 2.45) is 0 Å². The zero-order chi connectivity index (χ0) is 17.9. The topological polar surface area (TPSA) is 77.0 Å². The van der Waals surface area contributed by atoms with Crippen LogP contribution in [0.4, 0.5) is 5.69 Å². The zero-order valence-corrected chi connectivity index (χ0v) is 15.5. The molecule has 0 atom stereocenters. The van der Waals surface area contributed by atoms with Crippen LogP contribution in [-0.4, -0.2) is 38.8 Å². The van der Waals surface area contributed by atoms with E-state index < -0.39 is 0 Å². The second kappa shape index (κ2) is 7.43. The summed E-state index contributed by atoms with van der Waals surface area (Å²) < 4.78 is 1.44. The highest BCUT2D eigenvalue weighted by molar-refractivity contribution is 8.00. The number of nitrogen functional groups attached to an aromatic ring is 1. The third-order valence-corrected chi connectivity index (χ3v) is 6.02. The summed E-state index contributed by atoms with van der Waals surface area (Å²) >= 11 is 3.09. The van der Waals surface area contributed by atoms with E-state index in [2.05, 4.69) is 16.3 Å². The molecule has 0 saturated carbocycles. The molecule has 132 valence electrons. The molecule has 0 spiro atoms. The van der Waals surface area contributed by atoms with Gasteiger partial charge in [-0.2, -0.15) is 0 Å². The summed E-state index contributed by atoms with van der Waals surface area (Å²) in [5.41, 5.74) is 1.87. The van der Waals surface area contributed by atoms with Crippen LogP contribution in [0.1, 0.15) is 0 Å². The average molecular weight is 384 g/mol. The van der Waals surface area contributed by atoms with Gasteiger partial charge in [-0.15, -0.1) is 22.0 Å². The Bertz CT molecular complexity index is 928. The van der Waals surface area contributed by atoms with E-state index >= 15 is 0 Å². The molecule has 2 N–H and O–H groups in total. The maximum absolute atomic E-state index is 12.7. The SMILES string of the molecule is Nn1c(SCC(=O)N2CCSc3ccccc32)nnc1-c1ccccc1. The smallest absolute Gasteiger partial charge is 0.237 e. The molecule has 1 aliphatic heterocycles. The van der Waals surface area contributed by atoms with Gasteiger partial charge in [0.15, 0.2) is 5.82 Å². The van der Waals surface area contributed by atoms with Gasteiger partial charge >= 0.3 is 0 Å². The Kier molecular flexibility index (Phi) is 4.85. The second-order valence-corrected chi connectivity index (χ2v) is 7.77. The number of thioether (sulfide) groups is 2. The Morgan fingerprint density at radius 3 is 2.73 bits per heavy atom. The molecule has 4 rings (SSSR count). The highest BCUT2D eigenvalue weighted by Crippen LogP contribution is 2.34. The molecule has 0 saturated heterocycles. The standard InChI is InChI=1S/C18H17N5OS2/c19-23-17(13-6-2-1-3-7-13)20-21-18(23)26-12-16(24)22-10-11-25-15-9-5-4-8-14(15)22/h1-9H,10-12,19H2. The van der Waals surface area contributed by atoms with Gasteiger partial charge in [0.2, 0.25) is 11.1 Å². The molecule has 2 heterocycles. The number of carbonyl (C=O) groups excluding carboxylic acids is 1. The number of amides is 1. The van der Waals surface area contributed by atoms with Gasteiger partial charge in [-0.3, -0.25) is 4.79 Å². The van der Waals surface area contributed by atoms with Crippen molar-refractivity contribution >= 4 is 35.1 Å². The largest absolute Gasteiger partial charge is 0.335 e. The number of hydrogen-bond acceptors (Lipinski definition) is 6. The van der Waals surface area contributed by atoms with E-state index in [1.54, 1.807) is 11.8 Å². The van der Waals surface area contributed by atoms with Crippen molar-refractivity contribution in [1.82, 2.24) is 14.9 Å². The molecule has 1 aliphatic rings. The first-order chi connectivity index (χ1) is 12.7. The molecule has 0 bridgehead atoms. The molecule has 0 unspecified atom stereocenters. The normalized spacial score (nSPS) is 13.5. The van der Waals surface area contributed by atoms with Crippen LogP contribution in [0.15, 0.2) is 64.6 Å². The molecular weight excluding hydrogens is 366 g/mol. The number of para-hydroxylation sites is 1. The van der Waals surface area contributed by atoms with E-state index in [1.807, 2.05) is 53.4 Å². The van der Waals surface area contributed by atoms with Crippen molar-refractivity contribution in [3.05, 3.63) is 54.6 Å². The minimum atomic E-state index is 0.0482. The minimum Gasteiger partial charge on any atom is -0.335 e. The van der Waals surface area contributed by atoms with E-state index in [-0.39, 0.29) is 11.7 Å². The minimum absolute atomic E-state index is 0.0482. The van der Waals surface area contributed by atoms with Gasteiger partial charge < -0.3 is 10.7 Å². The first kappa shape index (κ1) is 17.0. The predicted molar refractivity (Wildman–Crippen MR) is 106 cm³/mol. The Morgan fingerprint density at radius 2 is 1.88 bits per heavy atom. The van der Waals surface area contributed by atoms with Crippen LogP contribution in [0.2, 0.25) is 0 Å². The van der Waals surface area contributed by atoms with Crippen molar-refractivity contribution < 1.29 is 4.79 Å². The van der Waals surface area contributed by atoms with Crippen LogP contribution in [0, 0.1) is 0 Å². The van der Waals surface area contributed by atoms with Crippen LogP contribution >= 0.6 is 23.5 Å². The van der Waals surface area contributed by atoms with Gasteiger partial charge in [-0.05, 0) is 12.1 Å². The summed E-state index contributed by atoms with van der Waals surface area (Å²) in [5, 5.41) is 8.81. The number of anilines is 1. The summed E-state index contributed by atoms with van der Waals surface area (Å²) in [6.45, 7) is 0.714. The number of benzene rings is 2. The maximum Gasteiger partial charge on any atom is 0.237 e. The molecule has 2 aromatic carbocycles. The molecule has 1 aromatic heterocycles. The maximum atomic E-state index is 12.7. The van der Waals surface area contributed by atoms with Crippen molar-refractivity contribution in [2.75, 3.05) is 28.8 Å². The lowest BCUT2D eigenvalue weighted by molar-refractivity contribution is -0.116. The lowest BCUT2D eigenvalue weighted by Crippen LogP contribution is -2.36. The molecule has 3 aromatic rings. The molecule has 8 heteroatoms. The number of carbonyl (C=O) groups is 1. The van der Waals surface area contributed by atoms with Crippen molar-refractivity contribution in [3.63, 3.8) is 0 Å². The zero-order valence-electron chi connectivity index (χ0n) is 13.9. The van der Waals surface area contributed by atoms with Gasteiger partial charge in [-0.25, -0.2) is 4.68 Å². The highest BCUT2D eigenvalue weighted by atomic mass is 32.2. The molecular formula is C18H17N5OS2. The molecule has 0 aliphatic carbocycles. The lowest BCUT2D eigenvalue weighted by atomic mass is 10.2. The van der Waals surface area contributed by atoms with Crippen LogP contribution in [-0.2, 0) is 4.79 Å². The van der Waals surface area contributed by atoms with Crippen molar-refractivity contribution in [1.29, 1.82) is 0 Å². The first-order valence-corrected chi connectivity index (χ1v) is 10.1. The molecule has 26 heavy (non-hydrogen) atoms. The number of fused-ring (bicyclic) bond motifs is 1. The number of aromatic nitrogens is 3. The molecule has 6 nitrogen and oxygen atoms in total. The fraction of sp³-hybridized carbons (Fsp3) is 0.167. The van der Waals surface area contributed by atoms with Gasteiger partial charge in [-0.1, -0.05) is 54.2 Å². The van der Waals surface area contributed by atoms with E-state index in [4.69, 9.17) is 5.84 Å². The summed E-state index contributed by atoms with van der Waals surface area (Å²) in [4.78, 5) is 15.7. The Morgan fingerprint density at radius 1 is 1.12 bits per heavy atom. The van der Waals surface area contributed by atoms with Crippen LogP contribution in [0.25, 0.3) is 11.4 Å². The Balaban J connectivity index is 1.47. The fourth-order valence-corrected chi connectivity index (χ4v) is 4.52. The first-order valence-electron chi connectivity index (χ1n) is 8.15. The van der Waals surface area contributed by atoms with Crippen molar-refractivity contribution in [3.8, 4) is 11.4 Å². The summed E-state index contributed by atoms with van der Waals surface area (Å²) in [6, 6.07) is 17.6. The molecule has 1 amide bonds. The van der Waals surface area contributed by atoms with Gasteiger partial charge in [0.25, 0.3) is 0 Å².